The van der Waals surface area contributed by atoms with Crippen LogP contribution in [0.5, 0.6) is 5.75 Å². The van der Waals surface area contributed by atoms with Crippen LogP contribution in [0.1, 0.15) is 19.4 Å². The lowest BCUT2D eigenvalue weighted by molar-refractivity contribution is -0.147. The maximum atomic E-state index is 11.8. The Hall–Kier alpha value is -2.09. The number of hydrogen-bond acceptors (Lipinski definition) is 6. The third-order valence-corrected chi connectivity index (χ3v) is 3.05. The first-order valence-electron chi connectivity index (χ1n) is 6.63. The minimum Gasteiger partial charge on any atom is -0.464 e. The monoisotopic (exact) mass is 329 g/mol. The molecule has 122 valence electrons. The number of amides is 1. The van der Waals surface area contributed by atoms with Crippen molar-refractivity contribution < 1.29 is 26.9 Å². The van der Waals surface area contributed by atoms with Crippen molar-refractivity contribution >= 4 is 22.0 Å². The fourth-order valence-corrected chi connectivity index (χ4v) is 2.23. The molecule has 0 aromatic heterocycles. The lowest BCUT2D eigenvalue weighted by Crippen LogP contribution is -2.42. The number of nitrogens with one attached hydrogen (secondary N) is 1. The summed E-state index contributed by atoms with van der Waals surface area (Å²) in [6, 6.07) is 5.40. The van der Waals surface area contributed by atoms with E-state index >= 15 is 0 Å². The van der Waals surface area contributed by atoms with Crippen LogP contribution >= 0.6 is 0 Å². The second-order valence-electron chi connectivity index (χ2n) is 4.64. The molecule has 1 atom stereocenters. The summed E-state index contributed by atoms with van der Waals surface area (Å²) in [4.78, 5) is 23.0. The van der Waals surface area contributed by atoms with Gasteiger partial charge in [0.25, 0.3) is 0 Å². The van der Waals surface area contributed by atoms with E-state index in [1.165, 1.54) is 19.1 Å². The van der Waals surface area contributed by atoms with Crippen LogP contribution in [0, 0.1) is 0 Å². The largest absolute Gasteiger partial charge is 0.464 e. The van der Waals surface area contributed by atoms with Crippen molar-refractivity contribution in [3.8, 4) is 5.75 Å². The maximum Gasteiger partial charge on any atom is 0.328 e. The first kappa shape index (κ1) is 18.0. The first-order chi connectivity index (χ1) is 10.2. The lowest BCUT2D eigenvalue weighted by Gasteiger charge is -2.16. The summed E-state index contributed by atoms with van der Waals surface area (Å²) in [5.41, 5.74) is 0.729. The van der Waals surface area contributed by atoms with Crippen molar-refractivity contribution in [2.24, 2.45) is 0 Å². The van der Waals surface area contributed by atoms with Gasteiger partial charge in [-0.1, -0.05) is 12.1 Å². The zero-order chi connectivity index (χ0) is 16.8. The number of rotatable bonds is 7. The van der Waals surface area contributed by atoms with Crippen LogP contribution in [0.3, 0.4) is 0 Å². The van der Waals surface area contributed by atoms with E-state index in [-0.39, 0.29) is 24.7 Å². The zero-order valence-electron chi connectivity index (χ0n) is 12.7. The standard InChI is InChI=1S/C14H19NO6S/c1-4-20-14(17)13(15-10(2)16)9-11-5-7-12(8-6-11)21-22(3,18)19/h5-8,13H,4,9H2,1-3H3,(H,15,16)/t13-/m0/s1. The third-order valence-electron chi connectivity index (χ3n) is 2.56. The van der Waals surface area contributed by atoms with E-state index in [1.807, 2.05) is 0 Å². The predicted octanol–water partition coefficient (Wildman–Crippen LogP) is 0.635. The van der Waals surface area contributed by atoms with Crippen LogP contribution < -0.4 is 9.50 Å². The van der Waals surface area contributed by atoms with Gasteiger partial charge in [0, 0.05) is 13.3 Å². The molecule has 0 saturated heterocycles. The third kappa shape index (κ3) is 6.57. The van der Waals surface area contributed by atoms with Crippen LogP contribution in [0.4, 0.5) is 0 Å². The summed E-state index contributed by atoms with van der Waals surface area (Å²) in [6.45, 7) is 3.21. The molecule has 1 aromatic carbocycles. The number of carbonyl (C=O) groups is 2. The smallest absolute Gasteiger partial charge is 0.328 e. The van der Waals surface area contributed by atoms with E-state index in [2.05, 4.69) is 5.32 Å². The van der Waals surface area contributed by atoms with Crippen molar-refractivity contribution in [3.63, 3.8) is 0 Å². The Kier molecular flexibility index (Phi) is 6.36. The number of esters is 1. The second-order valence-corrected chi connectivity index (χ2v) is 6.22. The SMILES string of the molecule is CCOC(=O)[C@H](Cc1ccc(OS(C)(=O)=O)cc1)NC(C)=O. The Morgan fingerprint density at radius 1 is 1.23 bits per heavy atom. The molecule has 0 saturated carbocycles. The molecular weight excluding hydrogens is 310 g/mol. The average molecular weight is 329 g/mol. The highest BCUT2D eigenvalue weighted by atomic mass is 32.2. The first-order valence-corrected chi connectivity index (χ1v) is 8.45. The van der Waals surface area contributed by atoms with E-state index in [4.69, 9.17) is 8.92 Å². The van der Waals surface area contributed by atoms with Gasteiger partial charge >= 0.3 is 16.1 Å². The summed E-state index contributed by atoms with van der Waals surface area (Å²) < 4.78 is 31.7. The molecule has 1 N–H and O–H groups in total. The average Bonchev–Trinajstić information content (AvgIpc) is 2.38. The van der Waals surface area contributed by atoms with Gasteiger partial charge in [0.1, 0.15) is 11.8 Å². The molecule has 0 aliphatic carbocycles. The van der Waals surface area contributed by atoms with Gasteiger partial charge in [0.15, 0.2) is 0 Å². The van der Waals surface area contributed by atoms with Gasteiger partial charge < -0.3 is 14.2 Å². The van der Waals surface area contributed by atoms with Gasteiger partial charge in [-0.25, -0.2) is 4.79 Å². The summed E-state index contributed by atoms with van der Waals surface area (Å²) in [6.07, 6.45) is 1.19. The number of carbonyl (C=O) groups excluding carboxylic acids is 2. The molecule has 0 aliphatic heterocycles. The molecule has 7 nitrogen and oxygen atoms in total. The Labute approximate surface area is 129 Å². The normalized spacial score (nSPS) is 12.3. The van der Waals surface area contributed by atoms with Gasteiger partial charge in [0.05, 0.1) is 12.9 Å². The maximum absolute atomic E-state index is 11.8. The fraction of sp³-hybridized carbons (Fsp3) is 0.429. The molecule has 8 heteroatoms. The molecule has 0 unspecified atom stereocenters. The van der Waals surface area contributed by atoms with Crippen LogP contribution in [0.2, 0.25) is 0 Å². The Morgan fingerprint density at radius 2 is 1.82 bits per heavy atom. The van der Waals surface area contributed by atoms with Gasteiger partial charge in [-0.3, -0.25) is 4.79 Å². The van der Waals surface area contributed by atoms with Crippen molar-refractivity contribution in [1.82, 2.24) is 5.32 Å². The van der Waals surface area contributed by atoms with E-state index < -0.39 is 22.1 Å². The van der Waals surface area contributed by atoms with Gasteiger partial charge in [-0.15, -0.1) is 0 Å². The molecule has 1 amide bonds. The van der Waals surface area contributed by atoms with Gasteiger partial charge in [-0.2, -0.15) is 8.42 Å². The highest BCUT2D eigenvalue weighted by molar-refractivity contribution is 7.86. The summed E-state index contributed by atoms with van der Waals surface area (Å²) in [5, 5.41) is 2.53. The Bertz CT molecular complexity index is 623. The van der Waals surface area contributed by atoms with Gasteiger partial charge in [-0.05, 0) is 24.6 Å². The van der Waals surface area contributed by atoms with Crippen molar-refractivity contribution in [2.45, 2.75) is 26.3 Å². The minimum absolute atomic E-state index is 0.179. The molecular formula is C14H19NO6S. The summed E-state index contributed by atoms with van der Waals surface area (Å²) in [5.74, 6) is -0.678. The highest BCUT2D eigenvalue weighted by Gasteiger charge is 2.21. The van der Waals surface area contributed by atoms with Crippen LogP contribution in [0.15, 0.2) is 24.3 Å². The lowest BCUT2D eigenvalue weighted by atomic mass is 10.1. The van der Waals surface area contributed by atoms with E-state index in [1.54, 1.807) is 19.1 Å². The Balaban J connectivity index is 2.80. The Morgan fingerprint density at radius 3 is 2.27 bits per heavy atom. The van der Waals surface area contributed by atoms with Crippen molar-refractivity contribution in [3.05, 3.63) is 29.8 Å². The molecule has 0 aliphatic rings. The topological polar surface area (TPSA) is 98.8 Å². The number of hydrogen-bond donors (Lipinski definition) is 1. The zero-order valence-corrected chi connectivity index (χ0v) is 13.5. The highest BCUT2D eigenvalue weighted by Crippen LogP contribution is 2.15. The molecule has 1 aromatic rings. The summed E-state index contributed by atoms with van der Waals surface area (Å²) >= 11 is 0. The number of ether oxygens (including phenoxy) is 1. The molecule has 1 rings (SSSR count). The molecule has 0 fully saturated rings. The van der Waals surface area contributed by atoms with E-state index in [0.717, 1.165) is 11.8 Å². The van der Waals surface area contributed by atoms with E-state index in [0.29, 0.717) is 0 Å². The van der Waals surface area contributed by atoms with Crippen molar-refractivity contribution in [2.75, 3.05) is 12.9 Å². The molecule has 0 heterocycles. The van der Waals surface area contributed by atoms with E-state index in [9.17, 15) is 18.0 Å². The molecule has 0 bridgehead atoms. The number of benzene rings is 1. The minimum atomic E-state index is -3.58. The summed E-state index contributed by atoms with van der Waals surface area (Å²) in [7, 11) is -3.58. The van der Waals surface area contributed by atoms with Gasteiger partial charge in [0.2, 0.25) is 5.91 Å². The van der Waals surface area contributed by atoms with Crippen LogP contribution in [0.25, 0.3) is 0 Å². The second kappa shape index (κ2) is 7.79. The molecule has 0 radical (unpaired) electrons. The quantitative estimate of drug-likeness (QED) is 0.582. The molecule has 22 heavy (non-hydrogen) atoms. The fourth-order valence-electron chi connectivity index (χ4n) is 1.77. The molecule has 0 spiro atoms. The van der Waals surface area contributed by atoms with Crippen molar-refractivity contribution in [1.29, 1.82) is 0 Å². The van der Waals surface area contributed by atoms with Crippen LogP contribution in [-0.2, 0) is 30.9 Å². The van der Waals surface area contributed by atoms with Crippen LogP contribution in [-0.4, -0.2) is 39.2 Å². The predicted molar refractivity (Wildman–Crippen MR) is 79.9 cm³/mol.